The summed E-state index contributed by atoms with van der Waals surface area (Å²) in [4.78, 5) is 17.1. The highest BCUT2D eigenvalue weighted by atomic mass is 35.5. The van der Waals surface area contributed by atoms with Crippen LogP contribution in [0.5, 0.6) is 5.75 Å². The SMILES string of the molecule is Cc1cc(C(=O)Nc2nc(C3CCNCC3)nn2C)cc(C)c1OC(F)F.Cl. The van der Waals surface area contributed by atoms with E-state index < -0.39 is 6.61 Å². The lowest BCUT2D eigenvalue weighted by atomic mass is 9.98. The molecule has 1 aliphatic heterocycles. The van der Waals surface area contributed by atoms with Crippen molar-refractivity contribution < 1.29 is 18.3 Å². The summed E-state index contributed by atoms with van der Waals surface area (Å²) in [7, 11) is 1.73. The van der Waals surface area contributed by atoms with Crippen LogP contribution in [0.2, 0.25) is 0 Å². The van der Waals surface area contributed by atoms with Crippen molar-refractivity contribution >= 4 is 24.3 Å². The Hall–Kier alpha value is -2.26. The van der Waals surface area contributed by atoms with Crippen LogP contribution in [0.3, 0.4) is 0 Å². The molecule has 1 aromatic carbocycles. The summed E-state index contributed by atoms with van der Waals surface area (Å²) in [5.41, 5.74) is 1.28. The Morgan fingerprint density at radius 3 is 2.46 bits per heavy atom. The molecule has 1 aromatic heterocycles. The number of carbonyl (C=O) groups excluding carboxylic acids is 1. The Balaban J connectivity index is 0.00000280. The smallest absolute Gasteiger partial charge is 0.387 e. The molecule has 0 bridgehead atoms. The fourth-order valence-electron chi connectivity index (χ4n) is 3.30. The van der Waals surface area contributed by atoms with Gasteiger partial charge in [0, 0.05) is 18.5 Å². The minimum absolute atomic E-state index is 0. The molecule has 1 aliphatic rings. The number of aryl methyl sites for hydroxylation is 3. The largest absolute Gasteiger partial charge is 0.434 e. The maximum Gasteiger partial charge on any atom is 0.387 e. The minimum Gasteiger partial charge on any atom is -0.434 e. The van der Waals surface area contributed by atoms with Gasteiger partial charge in [0.1, 0.15) is 5.75 Å². The number of anilines is 1. The highest BCUT2D eigenvalue weighted by Crippen LogP contribution is 2.27. The molecular formula is C18H24ClF2N5O2. The third kappa shape index (κ3) is 4.96. The maximum absolute atomic E-state index is 12.6. The number of alkyl halides is 2. The lowest BCUT2D eigenvalue weighted by Crippen LogP contribution is -2.27. The molecule has 2 heterocycles. The van der Waals surface area contributed by atoms with Gasteiger partial charge in [-0.3, -0.25) is 10.1 Å². The lowest BCUT2D eigenvalue weighted by molar-refractivity contribution is -0.0507. The first-order valence-electron chi connectivity index (χ1n) is 8.84. The van der Waals surface area contributed by atoms with Gasteiger partial charge in [-0.25, -0.2) is 4.68 Å². The van der Waals surface area contributed by atoms with Crippen molar-refractivity contribution in [1.82, 2.24) is 20.1 Å². The molecule has 10 heteroatoms. The van der Waals surface area contributed by atoms with E-state index in [1.54, 1.807) is 25.6 Å². The van der Waals surface area contributed by atoms with Crippen LogP contribution in [0.15, 0.2) is 12.1 Å². The average molecular weight is 416 g/mol. The molecule has 1 saturated heterocycles. The summed E-state index contributed by atoms with van der Waals surface area (Å²) in [6, 6.07) is 3.04. The number of benzene rings is 1. The van der Waals surface area contributed by atoms with Gasteiger partial charge < -0.3 is 10.1 Å². The first-order valence-corrected chi connectivity index (χ1v) is 8.84. The number of rotatable bonds is 5. The number of amides is 1. The molecule has 28 heavy (non-hydrogen) atoms. The predicted octanol–water partition coefficient (Wildman–Crippen LogP) is 3.17. The number of nitrogens with zero attached hydrogens (tertiary/aromatic N) is 3. The molecular weight excluding hydrogens is 392 g/mol. The van der Waals surface area contributed by atoms with Gasteiger partial charge in [0.15, 0.2) is 5.82 Å². The van der Waals surface area contributed by atoms with Crippen molar-refractivity contribution in [2.75, 3.05) is 18.4 Å². The highest BCUT2D eigenvalue weighted by Gasteiger charge is 2.22. The highest BCUT2D eigenvalue weighted by molar-refractivity contribution is 6.03. The Kier molecular flexibility index (Phi) is 7.31. The molecule has 1 fully saturated rings. The monoisotopic (exact) mass is 415 g/mol. The van der Waals surface area contributed by atoms with Crippen LogP contribution < -0.4 is 15.4 Å². The number of halogens is 3. The summed E-state index contributed by atoms with van der Waals surface area (Å²) >= 11 is 0. The van der Waals surface area contributed by atoms with Crippen molar-refractivity contribution in [2.45, 2.75) is 39.2 Å². The molecule has 0 spiro atoms. The second-order valence-electron chi connectivity index (χ2n) is 6.71. The first-order chi connectivity index (χ1) is 12.8. The average Bonchev–Trinajstić information content (AvgIpc) is 2.99. The normalized spacial score (nSPS) is 14.6. The molecule has 1 amide bonds. The Labute approximate surface area is 168 Å². The molecule has 0 atom stereocenters. The summed E-state index contributed by atoms with van der Waals surface area (Å²) in [5, 5.41) is 10.5. The van der Waals surface area contributed by atoms with Gasteiger partial charge in [-0.1, -0.05) is 0 Å². The molecule has 2 aromatic rings. The Morgan fingerprint density at radius 2 is 1.89 bits per heavy atom. The fourth-order valence-corrected chi connectivity index (χ4v) is 3.30. The van der Waals surface area contributed by atoms with Crippen molar-refractivity contribution in [3.63, 3.8) is 0 Å². The summed E-state index contributed by atoms with van der Waals surface area (Å²) in [5.74, 6) is 1.07. The zero-order chi connectivity index (χ0) is 19.6. The van der Waals surface area contributed by atoms with E-state index in [9.17, 15) is 13.6 Å². The van der Waals surface area contributed by atoms with E-state index in [0.29, 0.717) is 22.6 Å². The molecule has 154 valence electrons. The van der Waals surface area contributed by atoms with Crippen molar-refractivity contribution in [1.29, 1.82) is 0 Å². The molecule has 0 unspecified atom stereocenters. The third-order valence-electron chi connectivity index (χ3n) is 4.64. The minimum atomic E-state index is -2.91. The lowest BCUT2D eigenvalue weighted by Gasteiger charge is -2.19. The van der Waals surface area contributed by atoms with Gasteiger partial charge in [-0.2, -0.15) is 18.9 Å². The molecule has 2 N–H and O–H groups in total. The molecule has 0 aliphatic carbocycles. The van der Waals surface area contributed by atoms with E-state index in [1.807, 2.05) is 0 Å². The van der Waals surface area contributed by atoms with E-state index in [1.165, 1.54) is 12.1 Å². The van der Waals surface area contributed by atoms with Crippen molar-refractivity contribution in [3.8, 4) is 5.75 Å². The van der Waals surface area contributed by atoms with Crippen LogP contribution in [-0.2, 0) is 7.05 Å². The number of carbonyl (C=O) groups is 1. The topological polar surface area (TPSA) is 81.1 Å². The van der Waals surface area contributed by atoms with E-state index in [0.717, 1.165) is 31.8 Å². The molecule has 3 rings (SSSR count). The van der Waals surface area contributed by atoms with Gasteiger partial charge in [0.05, 0.1) is 0 Å². The summed E-state index contributed by atoms with van der Waals surface area (Å²) < 4.78 is 31.1. The zero-order valence-electron chi connectivity index (χ0n) is 16.0. The van der Waals surface area contributed by atoms with Crippen LogP contribution in [0, 0.1) is 13.8 Å². The maximum atomic E-state index is 12.6. The Bertz CT molecular complexity index is 814. The third-order valence-corrected chi connectivity index (χ3v) is 4.64. The van der Waals surface area contributed by atoms with Gasteiger partial charge >= 0.3 is 6.61 Å². The second kappa shape index (κ2) is 9.29. The van der Waals surface area contributed by atoms with Crippen LogP contribution in [0.1, 0.15) is 46.1 Å². The van der Waals surface area contributed by atoms with E-state index in [-0.39, 0.29) is 30.0 Å². The van der Waals surface area contributed by atoms with Crippen LogP contribution in [0.4, 0.5) is 14.7 Å². The predicted molar refractivity (Wildman–Crippen MR) is 104 cm³/mol. The van der Waals surface area contributed by atoms with Gasteiger partial charge in [-0.15, -0.1) is 12.4 Å². The van der Waals surface area contributed by atoms with Gasteiger partial charge in [-0.05, 0) is 63.0 Å². The summed E-state index contributed by atoms with van der Waals surface area (Å²) in [6.45, 7) is 2.19. The van der Waals surface area contributed by atoms with Crippen molar-refractivity contribution in [3.05, 3.63) is 34.6 Å². The first kappa shape index (κ1) is 22.0. The standard InChI is InChI=1S/C18H23F2N5O2.ClH/c1-10-8-13(9-11(2)14(10)27-17(19)20)16(26)23-18-22-15(24-25(18)3)12-4-6-21-7-5-12;/h8-9,12,17,21H,4-7H2,1-3H3,(H,22,23,24,26);1H. The second-order valence-corrected chi connectivity index (χ2v) is 6.71. The Morgan fingerprint density at radius 1 is 1.29 bits per heavy atom. The fraction of sp³-hybridized carbons (Fsp3) is 0.500. The number of nitrogens with one attached hydrogen (secondary N) is 2. The van der Waals surface area contributed by atoms with Gasteiger partial charge in [0.2, 0.25) is 5.95 Å². The zero-order valence-corrected chi connectivity index (χ0v) is 16.8. The number of ether oxygens (including phenoxy) is 1. The van der Waals surface area contributed by atoms with Crippen LogP contribution in [0.25, 0.3) is 0 Å². The number of piperidine rings is 1. The molecule has 7 nitrogen and oxygen atoms in total. The van der Waals surface area contributed by atoms with Crippen molar-refractivity contribution in [2.24, 2.45) is 7.05 Å². The van der Waals surface area contributed by atoms with E-state index in [2.05, 4.69) is 25.5 Å². The molecule has 0 radical (unpaired) electrons. The quantitative estimate of drug-likeness (QED) is 0.783. The molecule has 0 saturated carbocycles. The van der Waals surface area contributed by atoms with Crippen LogP contribution in [-0.4, -0.2) is 40.4 Å². The summed E-state index contributed by atoms with van der Waals surface area (Å²) in [6.07, 6.45) is 1.92. The van der Waals surface area contributed by atoms with Crippen LogP contribution >= 0.6 is 12.4 Å². The van der Waals surface area contributed by atoms with E-state index >= 15 is 0 Å². The number of hydrogen-bond donors (Lipinski definition) is 2. The van der Waals surface area contributed by atoms with Gasteiger partial charge in [0.25, 0.3) is 5.91 Å². The number of hydrogen-bond acceptors (Lipinski definition) is 5. The van der Waals surface area contributed by atoms with E-state index in [4.69, 9.17) is 0 Å². The number of aromatic nitrogens is 3.